The van der Waals surface area contributed by atoms with Gasteiger partial charge in [0.25, 0.3) is 5.91 Å². The number of likely N-dealkylation sites (N-methyl/N-ethyl adjacent to an activating group) is 1. The van der Waals surface area contributed by atoms with Crippen LogP contribution in [0.1, 0.15) is 28.5 Å². The van der Waals surface area contributed by atoms with Gasteiger partial charge in [-0.3, -0.25) is 9.69 Å². The Balaban J connectivity index is 1.83. The number of aryl methyl sites for hydroxylation is 1. The molecule has 23 heavy (non-hydrogen) atoms. The van der Waals surface area contributed by atoms with Crippen molar-refractivity contribution < 1.29 is 9.53 Å². The number of imidazole rings is 1. The van der Waals surface area contributed by atoms with Crippen molar-refractivity contribution in [2.75, 3.05) is 33.3 Å². The summed E-state index contributed by atoms with van der Waals surface area (Å²) >= 11 is 1.43. The molecule has 1 saturated heterocycles. The van der Waals surface area contributed by atoms with Gasteiger partial charge in [0.2, 0.25) is 0 Å². The Morgan fingerprint density at radius 2 is 2.30 bits per heavy atom. The first-order valence-corrected chi connectivity index (χ1v) is 8.65. The number of thiophene rings is 1. The number of nitrogens with zero attached hydrogens (tertiary/aromatic N) is 4. The lowest BCUT2D eigenvalue weighted by Gasteiger charge is -2.40. The van der Waals surface area contributed by atoms with Crippen molar-refractivity contribution in [2.24, 2.45) is 7.05 Å². The first-order valence-electron chi connectivity index (χ1n) is 7.77. The molecule has 0 aliphatic carbocycles. The highest BCUT2D eigenvalue weighted by atomic mass is 32.1. The molecule has 0 aromatic carbocycles. The number of piperazine rings is 1. The van der Waals surface area contributed by atoms with Gasteiger partial charge in [-0.1, -0.05) is 6.92 Å². The number of carbonyl (C=O) groups excluding carboxylic acids is 1. The third-order valence-electron chi connectivity index (χ3n) is 4.38. The summed E-state index contributed by atoms with van der Waals surface area (Å²) in [7, 11) is 3.60. The summed E-state index contributed by atoms with van der Waals surface area (Å²) in [5.74, 6) is 1.71. The number of hydrogen-bond acceptors (Lipinski definition) is 5. The van der Waals surface area contributed by atoms with E-state index in [4.69, 9.17) is 4.74 Å². The average molecular weight is 334 g/mol. The molecule has 0 saturated carbocycles. The van der Waals surface area contributed by atoms with E-state index in [0.717, 1.165) is 25.5 Å². The van der Waals surface area contributed by atoms with Crippen molar-refractivity contribution in [3.8, 4) is 5.75 Å². The van der Waals surface area contributed by atoms with Crippen LogP contribution in [0.25, 0.3) is 0 Å². The molecule has 0 spiro atoms. The Kier molecular flexibility index (Phi) is 4.68. The van der Waals surface area contributed by atoms with Crippen LogP contribution in [0.3, 0.4) is 0 Å². The Morgan fingerprint density at radius 3 is 2.96 bits per heavy atom. The lowest BCUT2D eigenvalue weighted by atomic mass is 10.1. The first-order chi connectivity index (χ1) is 11.2. The summed E-state index contributed by atoms with van der Waals surface area (Å²) in [5, 5.41) is 1.89. The topological polar surface area (TPSA) is 50.6 Å². The van der Waals surface area contributed by atoms with E-state index in [2.05, 4.69) is 16.8 Å². The normalized spacial score (nSPS) is 19.1. The van der Waals surface area contributed by atoms with Gasteiger partial charge < -0.3 is 14.2 Å². The number of rotatable bonds is 4. The van der Waals surface area contributed by atoms with E-state index in [0.29, 0.717) is 17.2 Å². The molecule has 6 nitrogen and oxygen atoms in total. The van der Waals surface area contributed by atoms with E-state index in [1.165, 1.54) is 11.3 Å². The van der Waals surface area contributed by atoms with Crippen molar-refractivity contribution in [3.05, 3.63) is 34.5 Å². The number of amides is 1. The fourth-order valence-electron chi connectivity index (χ4n) is 3.08. The van der Waals surface area contributed by atoms with E-state index in [1.807, 2.05) is 40.4 Å². The lowest BCUT2D eigenvalue weighted by Crippen LogP contribution is -2.50. The molecule has 0 bridgehead atoms. The minimum atomic E-state index is 0.0480. The first kappa shape index (κ1) is 16.0. The lowest BCUT2D eigenvalue weighted by molar-refractivity contribution is 0.0474. The predicted molar refractivity (Wildman–Crippen MR) is 90.0 cm³/mol. The zero-order valence-corrected chi connectivity index (χ0v) is 14.5. The van der Waals surface area contributed by atoms with Crippen LogP contribution in [0.4, 0.5) is 0 Å². The largest absolute Gasteiger partial charge is 0.495 e. The molecule has 2 aromatic rings. The molecule has 2 aromatic heterocycles. The van der Waals surface area contributed by atoms with Crippen LogP contribution in [-0.2, 0) is 7.05 Å². The smallest absolute Gasteiger partial charge is 0.267 e. The molecule has 3 heterocycles. The highest BCUT2D eigenvalue weighted by Gasteiger charge is 2.33. The Labute approximate surface area is 140 Å². The van der Waals surface area contributed by atoms with Gasteiger partial charge in [-0.2, -0.15) is 0 Å². The Hall–Kier alpha value is -1.86. The molecule has 1 atom stereocenters. The second-order valence-corrected chi connectivity index (χ2v) is 6.53. The van der Waals surface area contributed by atoms with Gasteiger partial charge in [0.1, 0.15) is 16.5 Å². The third-order valence-corrected chi connectivity index (χ3v) is 5.27. The third kappa shape index (κ3) is 2.98. The fraction of sp³-hybridized carbons (Fsp3) is 0.500. The molecular weight excluding hydrogens is 312 g/mol. The van der Waals surface area contributed by atoms with Crippen molar-refractivity contribution in [1.82, 2.24) is 19.4 Å². The quantitative estimate of drug-likeness (QED) is 0.858. The monoisotopic (exact) mass is 334 g/mol. The molecule has 1 aliphatic heterocycles. The molecule has 3 rings (SSSR count). The second-order valence-electron chi connectivity index (χ2n) is 5.61. The number of carbonyl (C=O) groups is 1. The van der Waals surface area contributed by atoms with Crippen LogP contribution >= 0.6 is 11.3 Å². The van der Waals surface area contributed by atoms with Crippen LogP contribution in [0.5, 0.6) is 5.75 Å². The minimum Gasteiger partial charge on any atom is -0.495 e. The summed E-state index contributed by atoms with van der Waals surface area (Å²) in [6, 6.07) is 1.97. The van der Waals surface area contributed by atoms with Gasteiger partial charge in [0.05, 0.1) is 13.2 Å². The highest BCUT2D eigenvalue weighted by molar-refractivity contribution is 7.12. The number of hydrogen-bond donors (Lipinski definition) is 0. The van der Waals surface area contributed by atoms with E-state index >= 15 is 0 Å². The molecule has 1 unspecified atom stereocenters. The van der Waals surface area contributed by atoms with Gasteiger partial charge >= 0.3 is 0 Å². The van der Waals surface area contributed by atoms with Gasteiger partial charge in [-0.25, -0.2) is 4.98 Å². The van der Waals surface area contributed by atoms with E-state index in [-0.39, 0.29) is 11.9 Å². The number of methoxy groups -OCH3 is 1. The number of aromatic nitrogens is 2. The Bertz CT molecular complexity index is 681. The molecule has 124 valence electrons. The molecule has 7 heteroatoms. The molecule has 1 fully saturated rings. The van der Waals surface area contributed by atoms with Crippen molar-refractivity contribution in [3.63, 3.8) is 0 Å². The molecule has 1 aliphatic rings. The molecule has 1 amide bonds. The summed E-state index contributed by atoms with van der Waals surface area (Å²) in [6.07, 6.45) is 3.76. The molecule has 0 N–H and O–H groups in total. The highest BCUT2D eigenvalue weighted by Crippen LogP contribution is 2.29. The Morgan fingerprint density at radius 1 is 1.48 bits per heavy atom. The van der Waals surface area contributed by atoms with Crippen LogP contribution in [0.2, 0.25) is 0 Å². The average Bonchev–Trinajstić information content (AvgIpc) is 3.22. The summed E-state index contributed by atoms with van der Waals surface area (Å²) < 4.78 is 7.33. The maximum Gasteiger partial charge on any atom is 0.267 e. The molecule has 0 radical (unpaired) electrons. The summed E-state index contributed by atoms with van der Waals surface area (Å²) in [5.41, 5.74) is 0. The van der Waals surface area contributed by atoms with E-state index in [9.17, 15) is 4.79 Å². The summed E-state index contributed by atoms with van der Waals surface area (Å²) in [6.45, 7) is 5.33. The molecular formula is C16H22N4O2S. The standard InChI is InChI=1S/C16H22N4O2S/c1-4-19-8-9-20(11-12(19)15-17-6-7-18(15)2)16(21)14-13(22-3)5-10-23-14/h5-7,10,12H,4,8-9,11H2,1-3H3. The summed E-state index contributed by atoms with van der Waals surface area (Å²) in [4.78, 5) is 22.3. The van der Waals surface area contributed by atoms with Gasteiger partial charge in [0.15, 0.2) is 0 Å². The zero-order chi connectivity index (χ0) is 16.4. The van der Waals surface area contributed by atoms with Crippen LogP contribution in [0, 0.1) is 0 Å². The van der Waals surface area contributed by atoms with Crippen LogP contribution < -0.4 is 4.74 Å². The van der Waals surface area contributed by atoms with Gasteiger partial charge in [-0.05, 0) is 18.0 Å². The van der Waals surface area contributed by atoms with Gasteiger partial charge in [0, 0.05) is 39.1 Å². The van der Waals surface area contributed by atoms with Crippen LogP contribution in [-0.4, -0.2) is 58.5 Å². The van der Waals surface area contributed by atoms with Gasteiger partial charge in [-0.15, -0.1) is 11.3 Å². The zero-order valence-electron chi connectivity index (χ0n) is 13.7. The van der Waals surface area contributed by atoms with Crippen molar-refractivity contribution in [1.29, 1.82) is 0 Å². The van der Waals surface area contributed by atoms with Crippen molar-refractivity contribution in [2.45, 2.75) is 13.0 Å². The minimum absolute atomic E-state index is 0.0480. The number of ether oxygens (including phenoxy) is 1. The maximum absolute atomic E-state index is 12.8. The van der Waals surface area contributed by atoms with E-state index < -0.39 is 0 Å². The fourth-order valence-corrected chi connectivity index (χ4v) is 3.91. The van der Waals surface area contributed by atoms with E-state index in [1.54, 1.807) is 7.11 Å². The predicted octanol–water partition coefficient (Wildman–Crippen LogP) is 2.01. The van der Waals surface area contributed by atoms with Crippen molar-refractivity contribution >= 4 is 17.2 Å². The maximum atomic E-state index is 12.8. The van der Waals surface area contributed by atoms with Crippen LogP contribution in [0.15, 0.2) is 23.8 Å². The SMILES string of the molecule is CCN1CCN(C(=O)c2sccc2OC)CC1c1nccn1C. The second kappa shape index (κ2) is 6.72.